The molecule has 1 N–H and O–H groups in total. The van der Waals surface area contributed by atoms with Crippen molar-refractivity contribution in [3.05, 3.63) is 70.2 Å². The zero-order chi connectivity index (χ0) is 20.5. The van der Waals surface area contributed by atoms with Gasteiger partial charge < -0.3 is 10.2 Å². The van der Waals surface area contributed by atoms with Crippen molar-refractivity contribution in [1.29, 1.82) is 0 Å². The molecule has 0 fully saturated rings. The fraction of sp³-hybridized carbons (Fsp3) is 0.391. The molecule has 150 valence electrons. The largest absolute Gasteiger partial charge is 0.354 e. The summed E-state index contributed by atoms with van der Waals surface area (Å²) >= 11 is 5.95. The second-order valence-electron chi connectivity index (χ2n) is 7.03. The van der Waals surface area contributed by atoms with Gasteiger partial charge in [-0.25, -0.2) is 0 Å². The summed E-state index contributed by atoms with van der Waals surface area (Å²) in [6, 6.07) is 14.8. The minimum Gasteiger partial charge on any atom is -0.354 e. The number of carbonyl (C=O) groups excluding carboxylic acids is 2. The molecular weight excluding hydrogens is 372 g/mol. The first-order valence-corrected chi connectivity index (χ1v) is 10.2. The summed E-state index contributed by atoms with van der Waals surface area (Å²) in [5.41, 5.74) is 3.03. The van der Waals surface area contributed by atoms with Crippen LogP contribution < -0.4 is 5.32 Å². The lowest BCUT2D eigenvalue weighted by Gasteiger charge is -2.31. The van der Waals surface area contributed by atoms with Crippen LogP contribution in [0, 0.1) is 6.92 Å². The lowest BCUT2D eigenvalue weighted by atomic mass is 10.1. The zero-order valence-electron chi connectivity index (χ0n) is 16.9. The molecule has 2 aromatic rings. The van der Waals surface area contributed by atoms with E-state index >= 15 is 0 Å². The Morgan fingerprint density at radius 2 is 1.79 bits per heavy atom. The van der Waals surface area contributed by atoms with Crippen LogP contribution >= 0.6 is 11.6 Å². The van der Waals surface area contributed by atoms with Crippen LogP contribution in [0.5, 0.6) is 0 Å². The Hall–Kier alpha value is -2.33. The minimum atomic E-state index is -0.494. The summed E-state index contributed by atoms with van der Waals surface area (Å²) in [4.78, 5) is 27.6. The summed E-state index contributed by atoms with van der Waals surface area (Å²) in [5, 5.41) is 3.57. The molecule has 1 atom stereocenters. The molecule has 0 aliphatic heterocycles. The van der Waals surface area contributed by atoms with Crippen molar-refractivity contribution in [3.63, 3.8) is 0 Å². The SMILES string of the molecule is CCCNC(=O)[C@@H](CC)N(Cc1cccc(C)c1)C(=O)Cc1ccc(Cl)cc1. The number of benzene rings is 2. The summed E-state index contributed by atoms with van der Waals surface area (Å²) in [7, 11) is 0. The molecule has 2 aromatic carbocycles. The van der Waals surface area contributed by atoms with Crippen molar-refractivity contribution < 1.29 is 9.59 Å². The van der Waals surface area contributed by atoms with E-state index in [1.165, 1.54) is 0 Å². The highest BCUT2D eigenvalue weighted by Gasteiger charge is 2.28. The second-order valence-corrected chi connectivity index (χ2v) is 7.47. The first kappa shape index (κ1) is 22.0. The average molecular weight is 401 g/mol. The Kier molecular flexibility index (Phi) is 8.52. The molecule has 0 radical (unpaired) electrons. The summed E-state index contributed by atoms with van der Waals surface area (Å²) in [5.74, 6) is -0.163. The molecule has 2 amide bonds. The van der Waals surface area contributed by atoms with Gasteiger partial charge in [-0.15, -0.1) is 0 Å². The smallest absolute Gasteiger partial charge is 0.242 e. The van der Waals surface area contributed by atoms with Crippen LogP contribution in [-0.2, 0) is 22.6 Å². The number of amides is 2. The van der Waals surface area contributed by atoms with E-state index in [1.54, 1.807) is 17.0 Å². The number of rotatable bonds is 9. The Balaban J connectivity index is 2.26. The number of carbonyl (C=O) groups is 2. The van der Waals surface area contributed by atoms with Gasteiger partial charge in [-0.3, -0.25) is 9.59 Å². The molecule has 0 bridgehead atoms. The fourth-order valence-corrected chi connectivity index (χ4v) is 3.30. The third kappa shape index (κ3) is 6.38. The van der Waals surface area contributed by atoms with Gasteiger partial charge in [-0.1, -0.05) is 67.4 Å². The van der Waals surface area contributed by atoms with Crippen molar-refractivity contribution in [1.82, 2.24) is 10.2 Å². The van der Waals surface area contributed by atoms with E-state index in [-0.39, 0.29) is 18.2 Å². The first-order chi connectivity index (χ1) is 13.4. The molecular formula is C23H29ClN2O2. The Morgan fingerprint density at radius 3 is 2.39 bits per heavy atom. The van der Waals surface area contributed by atoms with Gasteiger partial charge in [-0.2, -0.15) is 0 Å². The first-order valence-electron chi connectivity index (χ1n) is 9.81. The lowest BCUT2D eigenvalue weighted by molar-refractivity contribution is -0.140. The van der Waals surface area contributed by atoms with Crippen LogP contribution in [0.25, 0.3) is 0 Å². The van der Waals surface area contributed by atoms with E-state index in [0.29, 0.717) is 24.5 Å². The average Bonchev–Trinajstić information content (AvgIpc) is 2.68. The summed E-state index contributed by atoms with van der Waals surface area (Å²) in [6.07, 6.45) is 1.66. The number of nitrogens with one attached hydrogen (secondary N) is 1. The molecule has 0 unspecified atom stereocenters. The number of hydrogen-bond donors (Lipinski definition) is 1. The van der Waals surface area contributed by atoms with Crippen molar-refractivity contribution in [2.24, 2.45) is 0 Å². The third-order valence-corrected chi connectivity index (χ3v) is 4.89. The predicted octanol–water partition coefficient (Wildman–Crippen LogP) is 4.52. The Labute approximate surface area is 172 Å². The standard InChI is InChI=1S/C23H29ClN2O2/c1-4-13-25-23(28)21(5-2)26(16-19-8-6-7-17(3)14-19)22(27)15-18-9-11-20(24)12-10-18/h6-12,14,21H,4-5,13,15-16H2,1-3H3,(H,25,28)/t21-/m1/s1. The number of aryl methyl sites for hydroxylation is 1. The topological polar surface area (TPSA) is 49.4 Å². The van der Waals surface area contributed by atoms with Gasteiger partial charge in [0.25, 0.3) is 0 Å². The van der Waals surface area contributed by atoms with E-state index < -0.39 is 6.04 Å². The third-order valence-electron chi connectivity index (χ3n) is 4.64. The molecule has 4 nitrogen and oxygen atoms in total. The van der Waals surface area contributed by atoms with Crippen LogP contribution in [0.3, 0.4) is 0 Å². The monoisotopic (exact) mass is 400 g/mol. The highest BCUT2D eigenvalue weighted by Crippen LogP contribution is 2.17. The maximum Gasteiger partial charge on any atom is 0.242 e. The lowest BCUT2D eigenvalue weighted by Crippen LogP contribution is -2.49. The van der Waals surface area contributed by atoms with Gasteiger partial charge in [0.05, 0.1) is 6.42 Å². The van der Waals surface area contributed by atoms with Crippen LogP contribution in [0.2, 0.25) is 5.02 Å². The van der Waals surface area contributed by atoms with Crippen LogP contribution in [0.15, 0.2) is 48.5 Å². The van der Waals surface area contributed by atoms with Gasteiger partial charge >= 0.3 is 0 Å². The van der Waals surface area contributed by atoms with Crippen molar-refractivity contribution in [2.75, 3.05) is 6.54 Å². The molecule has 2 rings (SSSR count). The summed E-state index contributed by atoms with van der Waals surface area (Å²) < 4.78 is 0. The highest BCUT2D eigenvalue weighted by molar-refractivity contribution is 6.30. The minimum absolute atomic E-state index is 0.0673. The van der Waals surface area contributed by atoms with Crippen LogP contribution in [0.4, 0.5) is 0 Å². The molecule has 28 heavy (non-hydrogen) atoms. The zero-order valence-corrected chi connectivity index (χ0v) is 17.6. The molecule has 5 heteroatoms. The van der Waals surface area contributed by atoms with Gasteiger partial charge in [-0.05, 0) is 43.0 Å². The van der Waals surface area contributed by atoms with E-state index in [1.807, 2.05) is 51.1 Å². The van der Waals surface area contributed by atoms with E-state index in [9.17, 15) is 9.59 Å². The predicted molar refractivity (Wildman–Crippen MR) is 114 cm³/mol. The molecule has 0 aromatic heterocycles. The van der Waals surface area contributed by atoms with Gasteiger partial charge in [0.2, 0.25) is 11.8 Å². The van der Waals surface area contributed by atoms with E-state index in [0.717, 1.165) is 23.1 Å². The highest BCUT2D eigenvalue weighted by atomic mass is 35.5. The molecule has 0 heterocycles. The summed E-state index contributed by atoms with van der Waals surface area (Å²) in [6.45, 7) is 6.99. The number of hydrogen-bond acceptors (Lipinski definition) is 2. The van der Waals surface area contributed by atoms with E-state index in [4.69, 9.17) is 11.6 Å². The van der Waals surface area contributed by atoms with Crippen LogP contribution in [-0.4, -0.2) is 29.3 Å². The van der Waals surface area contributed by atoms with Crippen molar-refractivity contribution in [3.8, 4) is 0 Å². The van der Waals surface area contributed by atoms with Gasteiger partial charge in [0, 0.05) is 18.1 Å². The fourth-order valence-electron chi connectivity index (χ4n) is 3.17. The molecule has 0 aliphatic carbocycles. The second kappa shape index (κ2) is 10.9. The maximum absolute atomic E-state index is 13.2. The van der Waals surface area contributed by atoms with Crippen LogP contribution in [0.1, 0.15) is 43.4 Å². The molecule has 0 aliphatic rings. The molecule has 0 saturated carbocycles. The quantitative estimate of drug-likeness (QED) is 0.672. The van der Waals surface area contributed by atoms with Gasteiger partial charge in [0.15, 0.2) is 0 Å². The Morgan fingerprint density at radius 1 is 1.07 bits per heavy atom. The number of halogens is 1. The normalized spacial score (nSPS) is 11.7. The van der Waals surface area contributed by atoms with Crippen molar-refractivity contribution in [2.45, 2.75) is 52.6 Å². The number of nitrogens with zero attached hydrogens (tertiary/aromatic N) is 1. The van der Waals surface area contributed by atoms with Crippen molar-refractivity contribution >= 4 is 23.4 Å². The molecule has 0 saturated heterocycles. The molecule has 0 spiro atoms. The Bertz CT molecular complexity index is 789. The van der Waals surface area contributed by atoms with E-state index in [2.05, 4.69) is 11.4 Å². The maximum atomic E-state index is 13.2. The van der Waals surface area contributed by atoms with Gasteiger partial charge in [0.1, 0.15) is 6.04 Å².